The third-order valence-corrected chi connectivity index (χ3v) is 5.72. The van der Waals surface area contributed by atoms with Gasteiger partial charge in [-0.05, 0) is 30.7 Å². The molecule has 1 amide bonds. The lowest BCUT2D eigenvalue weighted by molar-refractivity contribution is -0.128. The van der Waals surface area contributed by atoms with Crippen LogP contribution in [-0.4, -0.2) is 52.6 Å². The monoisotopic (exact) mass is 365 g/mol. The Morgan fingerprint density at radius 3 is 2.79 bits per heavy atom. The van der Waals surface area contributed by atoms with E-state index < -0.39 is 0 Å². The van der Waals surface area contributed by atoms with Crippen LogP contribution in [0.4, 0.5) is 4.39 Å². The molecule has 1 aliphatic rings. The molecule has 2 aromatic rings. The van der Waals surface area contributed by atoms with Crippen LogP contribution in [0, 0.1) is 5.82 Å². The Balaban J connectivity index is 1.46. The molecule has 0 N–H and O–H groups in total. The highest BCUT2D eigenvalue weighted by molar-refractivity contribution is 8.00. The molecule has 1 aromatic carbocycles. The SMILES string of the molecule is O=C(CSc1ccc(F)cc1)N1CCCN(Cc2nccs2)CC1. The second-order valence-corrected chi connectivity index (χ2v) is 7.71. The van der Waals surface area contributed by atoms with E-state index in [1.807, 2.05) is 16.5 Å². The number of rotatable bonds is 5. The first-order valence-electron chi connectivity index (χ1n) is 7.97. The first-order valence-corrected chi connectivity index (χ1v) is 9.84. The lowest BCUT2D eigenvalue weighted by Gasteiger charge is -2.21. The highest BCUT2D eigenvalue weighted by Gasteiger charge is 2.19. The van der Waals surface area contributed by atoms with Crippen molar-refractivity contribution >= 4 is 29.0 Å². The van der Waals surface area contributed by atoms with E-state index in [1.165, 1.54) is 23.9 Å². The molecule has 1 fully saturated rings. The first-order chi connectivity index (χ1) is 11.7. The Labute approximate surface area is 149 Å². The van der Waals surface area contributed by atoms with Crippen LogP contribution in [0.2, 0.25) is 0 Å². The number of halogens is 1. The number of thioether (sulfide) groups is 1. The van der Waals surface area contributed by atoms with Gasteiger partial charge in [-0.15, -0.1) is 23.1 Å². The van der Waals surface area contributed by atoms with Crippen LogP contribution in [0.25, 0.3) is 0 Å². The summed E-state index contributed by atoms with van der Waals surface area (Å²) >= 11 is 3.14. The smallest absolute Gasteiger partial charge is 0.232 e. The quantitative estimate of drug-likeness (QED) is 0.763. The predicted molar refractivity (Wildman–Crippen MR) is 95.7 cm³/mol. The molecule has 0 atom stereocenters. The number of thiazole rings is 1. The molecular weight excluding hydrogens is 345 g/mol. The molecule has 128 valence electrons. The van der Waals surface area contributed by atoms with Crippen LogP contribution in [0.5, 0.6) is 0 Å². The number of carbonyl (C=O) groups is 1. The van der Waals surface area contributed by atoms with E-state index in [1.54, 1.807) is 23.5 Å². The van der Waals surface area contributed by atoms with Crippen molar-refractivity contribution in [3.8, 4) is 0 Å². The molecule has 0 spiro atoms. The predicted octanol–water partition coefficient (Wildman–Crippen LogP) is 3.11. The van der Waals surface area contributed by atoms with Gasteiger partial charge in [-0.25, -0.2) is 9.37 Å². The van der Waals surface area contributed by atoms with E-state index in [0.29, 0.717) is 5.75 Å². The maximum atomic E-state index is 12.9. The fourth-order valence-electron chi connectivity index (χ4n) is 2.67. The van der Waals surface area contributed by atoms with Crippen molar-refractivity contribution in [3.63, 3.8) is 0 Å². The van der Waals surface area contributed by atoms with Gasteiger partial charge in [-0.2, -0.15) is 0 Å². The molecule has 7 heteroatoms. The molecule has 0 radical (unpaired) electrons. The van der Waals surface area contributed by atoms with Gasteiger partial charge in [-0.3, -0.25) is 9.69 Å². The van der Waals surface area contributed by atoms with E-state index in [9.17, 15) is 9.18 Å². The van der Waals surface area contributed by atoms with Crippen molar-refractivity contribution in [1.29, 1.82) is 0 Å². The summed E-state index contributed by atoms with van der Waals surface area (Å²) in [7, 11) is 0. The maximum Gasteiger partial charge on any atom is 0.232 e. The van der Waals surface area contributed by atoms with Crippen molar-refractivity contribution in [2.45, 2.75) is 17.9 Å². The largest absolute Gasteiger partial charge is 0.341 e. The topological polar surface area (TPSA) is 36.4 Å². The van der Waals surface area contributed by atoms with Crippen molar-refractivity contribution in [2.75, 3.05) is 31.9 Å². The van der Waals surface area contributed by atoms with Crippen LogP contribution in [0.15, 0.2) is 40.7 Å². The van der Waals surface area contributed by atoms with E-state index in [0.717, 1.165) is 49.0 Å². The molecule has 2 heterocycles. The van der Waals surface area contributed by atoms with Gasteiger partial charge in [0.1, 0.15) is 10.8 Å². The Hall–Kier alpha value is -1.44. The van der Waals surface area contributed by atoms with E-state index in [4.69, 9.17) is 0 Å². The molecule has 24 heavy (non-hydrogen) atoms. The molecule has 0 aliphatic carbocycles. The minimum Gasteiger partial charge on any atom is -0.341 e. The van der Waals surface area contributed by atoms with Crippen molar-refractivity contribution in [1.82, 2.24) is 14.8 Å². The summed E-state index contributed by atoms with van der Waals surface area (Å²) in [5, 5.41) is 3.12. The van der Waals surface area contributed by atoms with Crippen LogP contribution >= 0.6 is 23.1 Å². The number of hydrogen-bond donors (Lipinski definition) is 0. The van der Waals surface area contributed by atoms with Crippen molar-refractivity contribution in [3.05, 3.63) is 46.7 Å². The summed E-state index contributed by atoms with van der Waals surface area (Å²) in [5.41, 5.74) is 0. The van der Waals surface area contributed by atoms with Gasteiger partial charge in [0.25, 0.3) is 0 Å². The molecule has 0 bridgehead atoms. The van der Waals surface area contributed by atoms with Gasteiger partial charge in [0.05, 0.1) is 12.3 Å². The summed E-state index contributed by atoms with van der Waals surface area (Å²) in [6.07, 6.45) is 2.82. The summed E-state index contributed by atoms with van der Waals surface area (Å²) in [6, 6.07) is 6.28. The van der Waals surface area contributed by atoms with Gasteiger partial charge in [0.15, 0.2) is 0 Å². The fraction of sp³-hybridized carbons (Fsp3) is 0.412. The van der Waals surface area contributed by atoms with E-state index >= 15 is 0 Å². The van der Waals surface area contributed by atoms with Crippen LogP contribution in [0.1, 0.15) is 11.4 Å². The Bertz CT molecular complexity index is 648. The summed E-state index contributed by atoms with van der Waals surface area (Å²) in [6.45, 7) is 4.30. The highest BCUT2D eigenvalue weighted by Crippen LogP contribution is 2.19. The Morgan fingerprint density at radius 2 is 2.04 bits per heavy atom. The number of benzene rings is 1. The second kappa shape index (κ2) is 8.60. The molecular formula is C17H20FN3OS2. The summed E-state index contributed by atoms with van der Waals surface area (Å²) in [4.78, 5) is 22.0. The molecule has 1 saturated heterocycles. The Kier molecular flexibility index (Phi) is 6.23. The van der Waals surface area contributed by atoms with Crippen molar-refractivity contribution in [2.24, 2.45) is 0 Å². The van der Waals surface area contributed by atoms with Gasteiger partial charge in [0, 0.05) is 42.7 Å². The molecule has 0 unspecified atom stereocenters. The summed E-state index contributed by atoms with van der Waals surface area (Å²) in [5.74, 6) is 0.303. The number of hydrogen-bond acceptors (Lipinski definition) is 5. The molecule has 1 aromatic heterocycles. The zero-order valence-electron chi connectivity index (χ0n) is 13.4. The van der Waals surface area contributed by atoms with Gasteiger partial charge in [0.2, 0.25) is 5.91 Å². The van der Waals surface area contributed by atoms with E-state index in [2.05, 4.69) is 9.88 Å². The minimum atomic E-state index is -0.251. The average Bonchev–Trinajstić information content (AvgIpc) is 2.98. The van der Waals surface area contributed by atoms with Crippen molar-refractivity contribution < 1.29 is 9.18 Å². The number of carbonyl (C=O) groups excluding carboxylic acids is 1. The average molecular weight is 365 g/mol. The van der Waals surface area contributed by atoms with Crippen LogP contribution < -0.4 is 0 Å². The number of nitrogens with zero attached hydrogens (tertiary/aromatic N) is 3. The van der Waals surface area contributed by atoms with Gasteiger partial charge < -0.3 is 4.90 Å². The normalized spacial score (nSPS) is 16.1. The fourth-order valence-corrected chi connectivity index (χ4v) is 4.13. The van der Waals surface area contributed by atoms with Crippen LogP contribution in [0.3, 0.4) is 0 Å². The second-order valence-electron chi connectivity index (χ2n) is 5.68. The lowest BCUT2D eigenvalue weighted by atomic mass is 10.3. The molecule has 3 rings (SSSR count). The first kappa shape index (κ1) is 17.4. The lowest BCUT2D eigenvalue weighted by Crippen LogP contribution is -2.36. The maximum absolute atomic E-state index is 12.9. The standard InChI is InChI=1S/C17H20FN3OS2/c18-14-2-4-15(5-3-14)24-13-17(22)21-8-1-7-20(9-10-21)12-16-19-6-11-23-16/h2-6,11H,1,7-10,12-13H2. The zero-order chi connectivity index (χ0) is 16.8. The van der Waals surface area contributed by atoms with Gasteiger partial charge in [-0.1, -0.05) is 0 Å². The van der Waals surface area contributed by atoms with Gasteiger partial charge >= 0.3 is 0 Å². The Morgan fingerprint density at radius 1 is 1.21 bits per heavy atom. The molecule has 1 aliphatic heterocycles. The third kappa shape index (κ3) is 5.03. The van der Waals surface area contributed by atoms with E-state index in [-0.39, 0.29) is 11.7 Å². The minimum absolute atomic E-state index is 0.153. The summed E-state index contributed by atoms with van der Waals surface area (Å²) < 4.78 is 12.9. The van der Waals surface area contributed by atoms with Crippen LogP contribution in [-0.2, 0) is 11.3 Å². The molecule has 4 nitrogen and oxygen atoms in total. The molecule has 0 saturated carbocycles. The number of aromatic nitrogens is 1. The number of amides is 1. The zero-order valence-corrected chi connectivity index (χ0v) is 15.0. The highest BCUT2D eigenvalue weighted by atomic mass is 32.2. The third-order valence-electron chi connectivity index (χ3n) is 3.96.